The molecule has 0 saturated heterocycles. The number of rotatable bonds is 6. The molecular weight excluding hydrogens is 244 g/mol. The predicted molar refractivity (Wildman–Crippen MR) is 73.6 cm³/mol. The Balaban J connectivity index is 2.08. The van der Waals surface area contributed by atoms with Gasteiger partial charge >= 0.3 is 0 Å². The third kappa shape index (κ3) is 3.34. The molecule has 2 rings (SSSR count). The lowest BCUT2D eigenvalue weighted by Crippen LogP contribution is -2.23. The van der Waals surface area contributed by atoms with Crippen LogP contribution in [0.15, 0.2) is 24.5 Å². The van der Waals surface area contributed by atoms with Crippen molar-refractivity contribution in [3.8, 4) is 0 Å². The molecule has 0 radical (unpaired) electrons. The van der Waals surface area contributed by atoms with Gasteiger partial charge in [0.15, 0.2) is 0 Å². The van der Waals surface area contributed by atoms with Crippen molar-refractivity contribution < 1.29 is 0 Å². The summed E-state index contributed by atoms with van der Waals surface area (Å²) >= 11 is 1.25. The predicted octanol–water partition coefficient (Wildman–Crippen LogP) is 2.39. The summed E-state index contributed by atoms with van der Waals surface area (Å²) in [6.45, 7) is 5.15. The van der Waals surface area contributed by atoms with E-state index in [2.05, 4.69) is 45.0 Å². The number of nitrogens with one attached hydrogen (secondary N) is 1. The number of likely N-dealkylation sites (N-methyl/N-ethyl adjacent to an activating group) is 1. The second-order valence-electron chi connectivity index (χ2n) is 4.16. The normalized spacial score (nSPS) is 12.6. The van der Waals surface area contributed by atoms with Gasteiger partial charge < -0.3 is 5.32 Å². The van der Waals surface area contributed by atoms with Crippen LogP contribution < -0.4 is 5.32 Å². The summed E-state index contributed by atoms with van der Waals surface area (Å²) in [5.74, 6) is 0. The smallest absolute Gasteiger partial charge is 0.0916 e. The topological polar surface area (TPSA) is 50.7 Å². The summed E-state index contributed by atoms with van der Waals surface area (Å²) in [5, 5.41) is 3.43. The highest BCUT2D eigenvalue weighted by Crippen LogP contribution is 2.16. The molecule has 1 N–H and O–H groups in total. The number of pyridine rings is 1. The van der Waals surface area contributed by atoms with E-state index in [-0.39, 0.29) is 6.04 Å². The quantitative estimate of drug-likeness (QED) is 0.868. The van der Waals surface area contributed by atoms with Crippen molar-refractivity contribution in [2.24, 2.45) is 0 Å². The SMILES string of the molecule is CCNC(Cc1ccc(CC)cn1)c1cnsn1. The zero-order chi connectivity index (χ0) is 12.8. The Bertz CT molecular complexity index is 452. The van der Waals surface area contributed by atoms with E-state index < -0.39 is 0 Å². The van der Waals surface area contributed by atoms with Gasteiger partial charge in [0.2, 0.25) is 0 Å². The van der Waals surface area contributed by atoms with E-state index in [0.29, 0.717) is 0 Å². The van der Waals surface area contributed by atoms with Crippen molar-refractivity contribution >= 4 is 11.7 Å². The summed E-state index contributed by atoms with van der Waals surface area (Å²) in [6.07, 6.45) is 5.67. The maximum Gasteiger partial charge on any atom is 0.0916 e. The Hall–Kier alpha value is -1.33. The van der Waals surface area contributed by atoms with E-state index in [1.165, 1.54) is 17.3 Å². The highest BCUT2D eigenvalue weighted by Gasteiger charge is 2.14. The standard InChI is InChI=1S/C13H18N4S/c1-3-10-5-6-11(15-8-10)7-12(14-4-2)13-9-16-18-17-13/h5-6,8-9,12,14H,3-4,7H2,1-2H3. The molecule has 0 aliphatic heterocycles. The maximum atomic E-state index is 4.50. The van der Waals surface area contributed by atoms with E-state index in [1.807, 2.05) is 12.4 Å². The highest BCUT2D eigenvalue weighted by atomic mass is 32.1. The van der Waals surface area contributed by atoms with Gasteiger partial charge in [-0.25, -0.2) is 0 Å². The van der Waals surface area contributed by atoms with Crippen molar-refractivity contribution in [1.82, 2.24) is 19.0 Å². The van der Waals surface area contributed by atoms with Crippen LogP contribution in [0.3, 0.4) is 0 Å². The molecule has 0 saturated carbocycles. The van der Waals surface area contributed by atoms with Crippen LogP contribution in [-0.2, 0) is 12.8 Å². The molecule has 18 heavy (non-hydrogen) atoms. The Labute approximate surface area is 112 Å². The molecule has 2 aromatic rings. The zero-order valence-corrected chi connectivity index (χ0v) is 11.6. The van der Waals surface area contributed by atoms with Gasteiger partial charge in [-0.1, -0.05) is 19.9 Å². The van der Waals surface area contributed by atoms with Crippen LogP contribution >= 0.6 is 11.7 Å². The van der Waals surface area contributed by atoms with Crippen molar-refractivity contribution in [3.63, 3.8) is 0 Å². The van der Waals surface area contributed by atoms with Gasteiger partial charge in [0, 0.05) is 18.3 Å². The molecule has 0 aliphatic rings. The Morgan fingerprint density at radius 1 is 1.28 bits per heavy atom. The van der Waals surface area contributed by atoms with Crippen LogP contribution in [0.5, 0.6) is 0 Å². The lowest BCUT2D eigenvalue weighted by molar-refractivity contribution is 0.534. The largest absolute Gasteiger partial charge is 0.309 e. The molecule has 0 amide bonds. The molecule has 4 nitrogen and oxygen atoms in total. The molecule has 0 aliphatic carbocycles. The summed E-state index contributed by atoms with van der Waals surface area (Å²) in [4.78, 5) is 4.50. The first kappa shape index (κ1) is 13.1. The van der Waals surface area contributed by atoms with Gasteiger partial charge in [-0.3, -0.25) is 4.98 Å². The molecule has 1 atom stereocenters. The van der Waals surface area contributed by atoms with Gasteiger partial charge in [-0.15, -0.1) is 0 Å². The van der Waals surface area contributed by atoms with E-state index in [9.17, 15) is 0 Å². The summed E-state index contributed by atoms with van der Waals surface area (Å²) in [6, 6.07) is 4.45. The van der Waals surface area contributed by atoms with Crippen LogP contribution in [0.4, 0.5) is 0 Å². The monoisotopic (exact) mass is 262 g/mol. The number of hydrogen-bond acceptors (Lipinski definition) is 5. The average molecular weight is 262 g/mol. The van der Waals surface area contributed by atoms with Gasteiger partial charge in [-0.2, -0.15) is 8.75 Å². The lowest BCUT2D eigenvalue weighted by atomic mass is 10.1. The van der Waals surface area contributed by atoms with Crippen LogP contribution in [0.2, 0.25) is 0 Å². The number of nitrogens with zero attached hydrogens (tertiary/aromatic N) is 3. The van der Waals surface area contributed by atoms with Crippen LogP contribution in [-0.4, -0.2) is 20.3 Å². The summed E-state index contributed by atoms with van der Waals surface area (Å²) in [7, 11) is 0. The molecule has 5 heteroatoms. The first-order valence-electron chi connectivity index (χ1n) is 6.28. The molecular formula is C13H18N4S. The molecule has 2 aromatic heterocycles. The first-order valence-corrected chi connectivity index (χ1v) is 7.01. The number of hydrogen-bond donors (Lipinski definition) is 1. The second-order valence-corrected chi connectivity index (χ2v) is 4.71. The first-order chi connectivity index (χ1) is 8.83. The zero-order valence-electron chi connectivity index (χ0n) is 10.8. The maximum absolute atomic E-state index is 4.50. The van der Waals surface area contributed by atoms with Crippen LogP contribution in [0.1, 0.15) is 36.8 Å². The fourth-order valence-corrected chi connectivity index (χ4v) is 2.32. The average Bonchev–Trinajstić information content (AvgIpc) is 2.93. The van der Waals surface area contributed by atoms with E-state index >= 15 is 0 Å². The minimum absolute atomic E-state index is 0.203. The van der Waals surface area contributed by atoms with Crippen molar-refractivity contribution in [2.45, 2.75) is 32.7 Å². The van der Waals surface area contributed by atoms with Gasteiger partial charge in [0.05, 0.1) is 29.7 Å². The summed E-state index contributed by atoms with van der Waals surface area (Å²) in [5.41, 5.74) is 3.36. The number of aromatic nitrogens is 3. The fraction of sp³-hybridized carbons (Fsp3) is 0.462. The molecule has 96 valence electrons. The Morgan fingerprint density at radius 3 is 2.72 bits per heavy atom. The second kappa shape index (κ2) is 6.56. The highest BCUT2D eigenvalue weighted by molar-refractivity contribution is 6.99. The van der Waals surface area contributed by atoms with E-state index in [0.717, 1.165) is 30.8 Å². The van der Waals surface area contributed by atoms with Gasteiger partial charge in [0.25, 0.3) is 0 Å². The lowest BCUT2D eigenvalue weighted by Gasteiger charge is -2.14. The third-order valence-corrected chi connectivity index (χ3v) is 3.39. The minimum Gasteiger partial charge on any atom is -0.309 e. The van der Waals surface area contributed by atoms with Crippen LogP contribution in [0.25, 0.3) is 0 Å². The van der Waals surface area contributed by atoms with E-state index in [1.54, 1.807) is 0 Å². The molecule has 1 unspecified atom stereocenters. The van der Waals surface area contributed by atoms with Gasteiger partial charge in [-0.05, 0) is 24.6 Å². The summed E-state index contributed by atoms with van der Waals surface area (Å²) < 4.78 is 8.37. The number of aryl methyl sites for hydroxylation is 1. The van der Waals surface area contributed by atoms with E-state index in [4.69, 9.17) is 0 Å². The third-order valence-electron chi connectivity index (χ3n) is 2.89. The fourth-order valence-electron chi connectivity index (χ4n) is 1.85. The van der Waals surface area contributed by atoms with Gasteiger partial charge in [0.1, 0.15) is 0 Å². The molecule has 2 heterocycles. The molecule has 0 spiro atoms. The van der Waals surface area contributed by atoms with Crippen molar-refractivity contribution in [1.29, 1.82) is 0 Å². The van der Waals surface area contributed by atoms with Crippen molar-refractivity contribution in [2.75, 3.05) is 6.54 Å². The molecule has 0 bridgehead atoms. The molecule has 0 aromatic carbocycles. The molecule has 0 fully saturated rings. The van der Waals surface area contributed by atoms with Crippen molar-refractivity contribution in [3.05, 3.63) is 41.5 Å². The Kier molecular flexibility index (Phi) is 4.78. The Morgan fingerprint density at radius 2 is 2.17 bits per heavy atom. The minimum atomic E-state index is 0.203. The van der Waals surface area contributed by atoms with Crippen LogP contribution in [0, 0.1) is 0 Å².